The highest BCUT2D eigenvalue weighted by Gasteiger charge is 2.17. The van der Waals surface area contributed by atoms with E-state index in [1.807, 2.05) is 38.1 Å². The molecule has 6 heteroatoms. The number of aromatic nitrogens is 2. The normalized spacial score (nSPS) is 12.1. The summed E-state index contributed by atoms with van der Waals surface area (Å²) in [6, 6.07) is 13.4. The molecule has 0 aliphatic rings. The van der Waals surface area contributed by atoms with Gasteiger partial charge >= 0.3 is 0 Å². The number of hydrogen-bond donors (Lipinski definition) is 1. The van der Waals surface area contributed by atoms with Crippen molar-refractivity contribution in [1.29, 1.82) is 0 Å². The molecule has 1 heterocycles. The summed E-state index contributed by atoms with van der Waals surface area (Å²) in [6.45, 7) is 3.65. The van der Waals surface area contributed by atoms with E-state index in [-0.39, 0.29) is 17.0 Å². The van der Waals surface area contributed by atoms with Crippen molar-refractivity contribution in [2.75, 3.05) is 5.32 Å². The largest absolute Gasteiger partial charge is 0.325 e. The fourth-order valence-corrected chi connectivity index (χ4v) is 3.23. The second-order valence-electron chi connectivity index (χ2n) is 5.35. The first-order valence-electron chi connectivity index (χ1n) is 7.49. The van der Waals surface area contributed by atoms with Crippen molar-refractivity contribution in [3.05, 3.63) is 60.2 Å². The minimum atomic E-state index is -0.354. The third-order valence-electron chi connectivity index (χ3n) is 3.45. The molecule has 2 aromatic carbocycles. The van der Waals surface area contributed by atoms with Gasteiger partial charge in [-0.3, -0.25) is 4.79 Å². The third-order valence-corrected chi connectivity index (χ3v) is 4.55. The molecule has 1 aromatic heterocycles. The van der Waals surface area contributed by atoms with Crippen molar-refractivity contribution in [2.45, 2.75) is 24.1 Å². The predicted octanol–water partition coefficient (Wildman–Crippen LogP) is 4.20. The summed E-state index contributed by atoms with van der Waals surface area (Å²) in [6.07, 6.45) is 0. The van der Waals surface area contributed by atoms with Crippen LogP contribution in [0.3, 0.4) is 0 Å². The van der Waals surface area contributed by atoms with Gasteiger partial charge in [0.25, 0.3) is 0 Å². The molecule has 0 aliphatic carbocycles. The van der Waals surface area contributed by atoms with Gasteiger partial charge in [0, 0.05) is 11.1 Å². The number of rotatable bonds is 4. The molecule has 0 saturated carbocycles. The van der Waals surface area contributed by atoms with Gasteiger partial charge in [-0.15, -0.1) is 0 Å². The fourth-order valence-electron chi connectivity index (χ4n) is 2.25. The summed E-state index contributed by atoms with van der Waals surface area (Å²) in [7, 11) is 0. The maximum atomic E-state index is 12.9. The number of benzene rings is 2. The molecule has 0 aliphatic heterocycles. The highest BCUT2D eigenvalue weighted by Crippen LogP contribution is 2.29. The Labute approximate surface area is 143 Å². The molecule has 1 amide bonds. The van der Waals surface area contributed by atoms with Gasteiger partial charge in [-0.25, -0.2) is 14.4 Å². The van der Waals surface area contributed by atoms with E-state index in [0.29, 0.717) is 11.5 Å². The summed E-state index contributed by atoms with van der Waals surface area (Å²) >= 11 is 1.38. The zero-order valence-corrected chi connectivity index (χ0v) is 14.1. The molecule has 0 radical (unpaired) electrons. The minimum absolute atomic E-state index is 0.160. The first-order valence-corrected chi connectivity index (χ1v) is 8.37. The summed E-state index contributed by atoms with van der Waals surface area (Å²) < 4.78 is 12.9. The van der Waals surface area contributed by atoms with E-state index in [4.69, 9.17) is 0 Å². The Morgan fingerprint density at radius 2 is 1.83 bits per heavy atom. The lowest BCUT2D eigenvalue weighted by Crippen LogP contribution is -2.22. The van der Waals surface area contributed by atoms with Crippen LogP contribution in [0.5, 0.6) is 0 Å². The molecule has 1 atom stereocenters. The zero-order valence-electron chi connectivity index (χ0n) is 13.3. The number of fused-ring (bicyclic) bond motifs is 1. The number of halogens is 1. The number of carbonyl (C=O) groups excluding carboxylic acids is 1. The molecule has 0 bridgehead atoms. The van der Waals surface area contributed by atoms with Gasteiger partial charge in [0.2, 0.25) is 5.91 Å². The molecular weight excluding hydrogens is 325 g/mol. The van der Waals surface area contributed by atoms with Crippen molar-refractivity contribution in [3.63, 3.8) is 0 Å². The van der Waals surface area contributed by atoms with Crippen LogP contribution in [0.25, 0.3) is 10.9 Å². The van der Waals surface area contributed by atoms with Gasteiger partial charge in [-0.1, -0.05) is 30.0 Å². The molecular formula is C18H16FN3OS. The van der Waals surface area contributed by atoms with Crippen LogP contribution in [0, 0.1) is 12.7 Å². The van der Waals surface area contributed by atoms with E-state index < -0.39 is 0 Å². The van der Waals surface area contributed by atoms with Crippen LogP contribution in [0.4, 0.5) is 10.1 Å². The number of hydrogen-bond acceptors (Lipinski definition) is 4. The second kappa shape index (κ2) is 6.97. The van der Waals surface area contributed by atoms with Gasteiger partial charge < -0.3 is 5.32 Å². The SMILES string of the molecule is Cc1nc(S[C@@H](C)C(=O)Nc2ccc(F)cc2)c2ccccc2n1. The highest BCUT2D eigenvalue weighted by atomic mass is 32.2. The predicted molar refractivity (Wildman–Crippen MR) is 94.6 cm³/mol. The summed E-state index contributed by atoms with van der Waals surface area (Å²) in [5.41, 5.74) is 1.43. The summed E-state index contributed by atoms with van der Waals surface area (Å²) in [4.78, 5) is 21.2. The van der Waals surface area contributed by atoms with E-state index in [9.17, 15) is 9.18 Å². The average Bonchev–Trinajstić information content (AvgIpc) is 2.56. The fraction of sp³-hybridized carbons (Fsp3) is 0.167. The van der Waals surface area contributed by atoms with Gasteiger partial charge in [0.05, 0.1) is 10.8 Å². The molecule has 0 unspecified atom stereocenters. The topological polar surface area (TPSA) is 54.9 Å². The summed E-state index contributed by atoms with van der Waals surface area (Å²) in [5.74, 6) is 0.174. The van der Waals surface area contributed by atoms with Gasteiger partial charge in [0.1, 0.15) is 16.7 Å². The highest BCUT2D eigenvalue weighted by molar-refractivity contribution is 8.00. The molecule has 0 fully saturated rings. The lowest BCUT2D eigenvalue weighted by molar-refractivity contribution is -0.115. The Morgan fingerprint density at radius 1 is 1.12 bits per heavy atom. The van der Waals surface area contributed by atoms with Crippen molar-refractivity contribution in [2.24, 2.45) is 0 Å². The molecule has 0 spiro atoms. The van der Waals surface area contributed by atoms with E-state index in [0.717, 1.165) is 15.9 Å². The molecule has 122 valence electrons. The Balaban J connectivity index is 1.78. The Kier molecular flexibility index (Phi) is 4.76. The number of para-hydroxylation sites is 1. The van der Waals surface area contributed by atoms with E-state index >= 15 is 0 Å². The van der Waals surface area contributed by atoms with E-state index in [1.165, 1.54) is 36.0 Å². The first-order chi connectivity index (χ1) is 11.5. The zero-order chi connectivity index (χ0) is 17.1. The first kappa shape index (κ1) is 16.4. The number of aryl methyl sites for hydroxylation is 1. The van der Waals surface area contributed by atoms with Crippen LogP contribution in [-0.2, 0) is 4.79 Å². The van der Waals surface area contributed by atoms with Crippen LogP contribution in [0.15, 0.2) is 53.6 Å². The van der Waals surface area contributed by atoms with Crippen molar-refractivity contribution < 1.29 is 9.18 Å². The van der Waals surface area contributed by atoms with Gasteiger partial charge in [-0.2, -0.15) is 0 Å². The molecule has 3 aromatic rings. The van der Waals surface area contributed by atoms with Crippen LogP contribution < -0.4 is 5.32 Å². The number of thioether (sulfide) groups is 1. The van der Waals surface area contributed by atoms with Crippen LogP contribution in [0.1, 0.15) is 12.7 Å². The minimum Gasteiger partial charge on any atom is -0.325 e. The molecule has 3 rings (SSSR count). The Bertz CT molecular complexity index is 883. The maximum Gasteiger partial charge on any atom is 0.237 e. The van der Waals surface area contributed by atoms with Crippen molar-refractivity contribution in [1.82, 2.24) is 9.97 Å². The average molecular weight is 341 g/mol. The van der Waals surface area contributed by atoms with Crippen LogP contribution in [-0.4, -0.2) is 21.1 Å². The number of anilines is 1. The number of nitrogens with zero attached hydrogens (tertiary/aromatic N) is 2. The Morgan fingerprint density at radius 3 is 2.58 bits per heavy atom. The molecule has 0 saturated heterocycles. The quantitative estimate of drug-likeness (QED) is 0.571. The van der Waals surface area contributed by atoms with Crippen molar-refractivity contribution in [3.8, 4) is 0 Å². The molecule has 1 N–H and O–H groups in total. The van der Waals surface area contributed by atoms with E-state index in [1.54, 1.807) is 0 Å². The maximum absolute atomic E-state index is 12.9. The van der Waals surface area contributed by atoms with E-state index in [2.05, 4.69) is 15.3 Å². The standard InChI is InChI=1S/C18H16FN3OS/c1-11(17(23)22-14-9-7-13(19)8-10-14)24-18-15-5-3-4-6-16(15)20-12(2)21-18/h3-11H,1-2H3,(H,22,23)/t11-/m0/s1. The molecule has 4 nitrogen and oxygen atoms in total. The second-order valence-corrected chi connectivity index (χ2v) is 6.68. The number of carbonyl (C=O) groups is 1. The number of amides is 1. The van der Waals surface area contributed by atoms with Gasteiger partial charge in [0.15, 0.2) is 0 Å². The monoisotopic (exact) mass is 341 g/mol. The smallest absolute Gasteiger partial charge is 0.237 e. The lowest BCUT2D eigenvalue weighted by Gasteiger charge is -2.13. The molecule has 24 heavy (non-hydrogen) atoms. The third kappa shape index (κ3) is 3.71. The van der Waals surface area contributed by atoms with Crippen molar-refractivity contribution >= 4 is 34.3 Å². The number of nitrogens with one attached hydrogen (secondary N) is 1. The van der Waals surface area contributed by atoms with Crippen LogP contribution in [0.2, 0.25) is 0 Å². The summed E-state index contributed by atoms with van der Waals surface area (Å²) in [5, 5.41) is 4.13. The lowest BCUT2D eigenvalue weighted by atomic mass is 10.2. The Hall–Kier alpha value is -2.47. The van der Waals surface area contributed by atoms with Gasteiger partial charge in [-0.05, 0) is 44.2 Å². The van der Waals surface area contributed by atoms with Crippen LogP contribution >= 0.6 is 11.8 Å².